The molecule has 1 saturated carbocycles. The van der Waals surface area contributed by atoms with Crippen LogP contribution in [0.2, 0.25) is 0 Å². The minimum atomic E-state index is -0.145. The van der Waals surface area contributed by atoms with Gasteiger partial charge in [0.05, 0.1) is 0 Å². The summed E-state index contributed by atoms with van der Waals surface area (Å²) in [4.78, 5) is 0. The summed E-state index contributed by atoms with van der Waals surface area (Å²) in [5.74, 6) is 1.37. The van der Waals surface area contributed by atoms with Gasteiger partial charge in [-0.3, -0.25) is 0 Å². The minimum Gasteiger partial charge on any atom is -0.310 e. The number of hydrogen-bond acceptors (Lipinski definition) is 1. The maximum absolute atomic E-state index is 13.6. The van der Waals surface area contributed by atoms with Crippen molar-refractivity contribution in [1.29, 1.82) is 0 Å². The molecule has 3 heteroatoms. The molecular formula is C17H25BrFN. The maximum Gasteiger partial charge on any atom is 0.123 e. The normalized spacial score (nSPS) is 24.6. The van der Waals surface area contributed by atoms with Gasteiger partial charge in [0.25, 0.3) is 0 Å². The van der Waals surface area contributed by atoms with Crippen molar-refractivity contribution in [2.75, 3.05) is 6.54 Å². The molecule has 1 nitrogen and oxygen atoms in total. The number of rotatable bonds is 5. The summed E-state index contributed by atoms with van der Waals surface area (Å²) in [6.07, 6.45) is 6.42. The first-order chi connectivity index (χ1) is 9.65. The van der Waals surface area contributed by atoms with Crippen molar-refractivity contribution < 1.29 is 4.39 Å². The third kappa shape index (κ3) is 3.82. The van der Waals surface area contributed by atoms with E-state index in [-0.39, 0.29) is 11.9 Å². The summed E-state index contributed by atoms with van der Waals surface area (Å²) in [6, 6.07) is 5.29. The van der Waals surface area contributed by atoms with Crippen molar-refractivity contribution in [2.45, 2.75) is 52.0 Å². The molecule has 0 saturated heterocycles. The first-order valence-electron chi connectivity index (χ1n) is 7.84. The highest BCUT2D eigenvalue weighted by Crippen LogP contribution is 2.39. The molecule has 0 heterocycles. The highest BCUT2D eigenvalue weighted by molar-refractivity contribution is 9.10. The largest absolute Gasteiger partial charge is 0.310 e. The standard InChI is InChI=1S/C17H25BrFN/c1-3-12-5-7-13(8-6-12)17(20-4-2)15-11-14(19)9-10-16(15)18/h9-13,17,20H,3-8H2,1-2H3. The maximum atomic E-state index is 13.6. The van der Waals surface area contributed by atoms with Gasteiger partial charge in [-0.25, -0.2) is 4.39 Å². The zero-order chi connectivity index (χ0) is 14.5. The molecule has 1 aliphatic rings. The molecule has 0 aromatic heterocycles. The Morgan fingerprint density at radius 3 is 2.55 bits per heavy atom. The van der Waals surface area contributed by atoms with Gasteiger partial charge in [-0.1, -0.05) is 49.0 Å². The van der Waals surface area contributed by atoms with Crippen LogP contribution in [-0.2, 0) is 0 Å². The Kier molecular flexibility index (Phi) is 6.03. The van der Waals surface area contributed by atoms with E-state index < -0.39 is 0 Å². The predicted octanol–water partition coefficient (Wildman–Crippen LogP) is 5.46. The molecule has 1 aromatic carbocycles. The Morgan fingerprint density at radius 1 is 1.25 bits per heavy atom. The monoisotopic (exact) mass is 341 g/mol. The van der Waals surface area contributed by atoms with Gasteiger partial charge in [-0.15, -0.1) is 0 Å². The predicted molar refractivity (Wildman–Crippen MR) is 86.3 cm³/mol. The Balaban J connectivity index is 2.16. The minimum absolute atomic E-state index is 0.145. The van der Waals surface area contributed by atoms with Crippen LogP contribution < -0.4 is 5.32 Å². The molecule has 1 N–H and O–H groups in total. The Morgan fingerprint density at radius 2 is 1.95 bits per heavy atom. The SMILES string of the molecule is CCNC(c1cc(F)ccc1Br)C1CCC(CC)CC1. The van der Waals surface area contributed by atoms with E-state index >= 15 is 0 Å². The lowest BCUT2D eigenvalue weighted by Gasteiger charge is -2.34. The van der Waals surface area contributed by atoms with Gasteiger partial charge < -0.3 is 5.32 Å². The van der Waals surface area contributed by atoms with Crippen LogP contribution in [-0.4, -0.2) is 6.54 Å². The zero-order valence-electron chi connectivity index (χ0n) is 12.5. The molecule has 1 unspecified atom stereocenters. The van der Waals surface area contributed by atoms with Crippen molar-refractivity contribution in [3.05, 3.63) is 34.1 Å². The summed E-state index contributed by atoms with van der Waals surface area (Å²) < 4.78 is 14.6. The van der Waals surface area contributed by atoms with Crippen LogP contribution in [0.1, 0.15) is 57.6 Å². The lowest BCUT2D eigenvalue weighted by atomic mass is 9.76. The topological polar surface area (TPSA) is 12.0 Å². The second-order valence-corrected chi connectivity index (χ2v) is 6.74. The second kappa shape index (κ2) is 7.56. The fourth-order valence-corrected chi connectivity index (χ4v) is 3.93. The smallest absolute Gasteiger partial charge is 0.123 e. The van der Waals surface area contributed by atoms with E-state index in [9.17, 15) is 4.39 Å². The van der Waals surface area contributed by atoms with Crippen LogP contribution in [0.5, 0.6) is 0 Å². The van der Waals surface area contributed by atoms with Gasteiger partial charge >= 0.3 is 0 Å². The molecule has 0 radical (unpaired) electrons. The van der Waals surface area contributed by atoms with E-state index in [1.165, 1.54) is 38.2 Å². The van der Waals surface area contributed by atoms with Crippen molar-refractivity contribution in [2.24, 2.45) is 11.8 Å². The summed E-state index contributed by atoms with van der Waals surface area (Å²) >= 11 is 3.59. The van der Waals surface area contributed by atoms with Gasteiger partial charge in [0.2, 0.25) is 0 Å². The quantitative estimate of drug-likeness (QED) is 0.750. The van der Waals surface area contributed by atoms with Crippen molar-refractivity contribution in [3.8, 4) is 0 Å². The van der Waals surface area contributed by atoms with Gasteiger partial charge in [0.15, 0.2) is 0 Å². The number of halogens is 2. The molecule has 20 heavy (non-hydrogen) atoms. The average molecular weight is 342 g/mol. The van der Waals surface area contributed by atoms with Crippen LogP contribution in [0, 0.1) is 17.7 Å². The Bertz CT molecular complexity index is 427. The van der Waals surface area contributed by atoms with E-state index in [0.717, 1.165) is 22.5 Å². The van der Waals surface area contributed by atoms with Crippen molar-refractivity contribution in [1.82, 2.24) is 5.32 Å². The number of benzene rings is 1. The van der Waals surface area contributed by atoms with Crippen LogP contribution in [0.3, 0.4) is 0 Å². The number of nitrogens with one attached hydrogen (secondary N) is 1. The Hall–Kier alpha value is -0.410. The van der Waals surface area contributed by atoms with Crippen LogP contribution in [0.25, 0.3) is 0 Å². The molecule has 0 bridgehead atoms. The highest BCUT2D eigenvalue weighted by Gasteiger charge is 2.28. The average Bonchev–Trinajstić information content (AvgIpc) is 2.48. The number of hydrogen-bond donors (Lipinski definition) is 1. The van der Waals surface area contributed by atoms with Gasteiger partial charge in [0.1, 0.15) is 5.82 Å². The van der Waals surface area contributed by atoms with Crippen molar-refractivity contribution in [3.63, 3.8) is 0 Å². The molecule has 1 aliphatic carbocycles. The lowest BCUT2D eigenvalue weighted by Crippen LogP contribution is -2.31. The van der Waals surface area contributed by atoms with E-state index in [2.05, 4.69) is 35.1 Å². The van der Waals surface area contributed by atoms with E-state index in [0.29, 0.717) is 5.92 Å². The molecule has 0 spiro atoms. The zero-order valence-corrected chi connectivity index (χ0v) is 14.0. The molecule has 2 rings (SSSR count). The van der Waals surface area contributed by atoms with Crippen LogP contribution in [0.15, 0.2) is 22.7 Å². The first-order valence-corrected chi connectivity index (χ1v) is 8.63. The molecule has 112 valence electrons. The second-order valence-electron chi connectivity index (χ2n) is 5.89. The summed E-state index contributed by atoms with van der Waals surface area (Å²) in [7, 11) is 0. The third-order valence-electron chi connectivity index (χ3n) is 4.66. The highest BCUT2D eigenvalue weighted by atomic mass is 79.9. The molecule has 1 atom stereocenters. The summed E-state index contributed by atoms with van der Waals surface area (Å²) in [6.45, 7) is 5.33. The van der Waals surface area contributed by atoms with Gasteiger partial charge in [-0.2, -0.15) is 0 Å². The van der Waals surface area contributed by atoms with E-state index in [1.807, 2.05) is 6.07 Å². The van der Waals surface area contributed by atoms with E-state index in [1.54, 1.807) is 6.07 Å². The molecular weight excluding hydrogens is 317 g/mol. The lowest BCUT2D eigenvalue weighted by molar-refractivity contribution is 0.219. The molecule has 0 aliphatic heterocycles. The molecule has 1 fully saturated rings. The van der Waals surface area contributed by atoms with Gasteiger partial charge in [0, 0.05) is 10.5 Å². The first kappa shape index (κ1) is 16.0. The summed E-state index contributed by atoms with van der Waals surface area (Å²) in [5, 5.41) is 3.57. The van der Waals surface area contributed by atoms with Crippen molar-refractivity contribution >= 4 is 15.9 Å². The van der Waals surface area contributed by atoms with Crippen LogP contribution in [0.4, 0.5) is 4.39 Å². The molecule has 0 amide bonds. The summed E-state index contributed by atoms with van der Waals surface area (Å²) in [5.41, 5.74) is 1.08. The van der Waals surface area contributed by atoms with E-state index in [4.69, 9.17) is 0 Å². The fourth-order valence-electron chi connectivity index (χ4n) is 3.43. The Labute approximate surface area is 130 Å². The molecule has 1 aromatic rings. The fraction of sp³-hybridized carbons (Fsp3) is 0.647. The third-order valence-corrected chi connectivity index (χ3v) is 5.38. The van der Waals surface area contributed by atoms with Gasteiger partial charge in [-0.05, 0) is 55.0 Å². The van der Waals surface area contributed by atoms with Crippen LogP contribution >= 0.6 is 15.9 Å².